The van der Waals surface area contributed by atoms with Gasteiger partial charge in [-0.3, -0.25) is 4.79 Å². The van der Waals surface area contributed by atoms with E-state index in [1.807, 2.05) is 6.07 Å². The number of hydrogen-bond acceptors (Lipinski definition) is 4. The summed E-state index contributed by atoms with van der Waals surface area (Å²) in [6.07, 6.45) is 3.73. The van der Waals surface area contributed by atoms with Gasteiger partial charge in [0.25, 0.3) is 5.91 Å². The van der Waals surface area contributed by atoms with E-state index in [2.05, 4.69) is 4.98 Å². The van der Waals surface area contributed by atoms with Crippen molar-refractivity contribution in [1.29, 1.82) is 0 Å². The molecule has 1 aliphatic rings. The van der Waals surface area contributed by atoms with Crippen molar-refractivity contribution in [3.05, 3.63) is 82.8 Å². The van der Waals surface area contributed by atoms with E-state index in [0.29, 0.717) is 35.4 Å². The molecule has 0 N–H and O–H groups in total. The van der Waals surface area contributed by atoms with Gasteiger partial charge in [0.2, 0.25) is 5.89 Å². The summed E-state index contributed by atoms with van der Waals surface area (Å²) < 4.78 is 24.8. The van der Waals surface area contributed by atoms with Crippen LogP contribution in [0.3, 0.4) is 0 Å². The van der Waals surface area contributed by atoms with Crippen LogP contribution in [-0.2, 0) is 11.2 Å². The van der Waals surface area contributed by atoms with Gasteiger partial charge in [-0.25, -0.2) is 9.37 Å². The molecule has 150 valence electrons. The van der Waals surface area contributed by atoms with Crippen LogP contribution >= 0.6 is 11.6 Å². The molecule has 1 amide bonds. The lowest BCUT2D eigenvalue weighted by molar-refractivity contribution is -0.134. The minimum Gasteiger partial charge on any atom is -0.482 e. The summed E-state index contributed by atoms with van der Waals surface area (Å²) in [5.74, 6) is 1.19. The number of benzene rings is 2. The topological polar surface area (TPSA) is 55.6 Å². The number of aromatic nitrogens is 1. The van der Waals surface area contributed by atoms with Crippen LogP contribution in [0.2, 0.25) is 5.02 Å². The number of oxazole rings is 1. The minimum atomic E-state index is -0.284. The number of carbonyl (C=O) groups is 1. The first-order chi connectivity index (χ1) is 14.1. The standard InChI is InChI=1S/C22H20ClFN2O3/c23-18-7-1-2-9-20(18)28-14-21(27)26-10-4-8-19(26)22-25-13-17(29-22)12-15-5-3-6-16(24)11-15/h1-3,5-7,9,11,13,19H,4,8,10,12,14H2/t19-/m1/s1. The number of nitrogens with zero attached hydrogens (tertiary/aromatic N) is 2. The van der Waals surface area contributed by atoms with Crippen molar-refractivity contribution in [2.75, 3.05) is 13.2 Å². The second-order valence-corrected chi connectivity index (χ2v) is 7.34. The Morgan fingerprint density at radius 2 is 2.14 bits per heavy atom. The third-order valence-electron chi connectivity index (χ3n) is 4.88. The first-order valence-electron chi connectivity index (χ1n) is 9.46. The first-order valence-corrected chi connectivity index (χ1v) is 9.84. The van der Waals surface area contributed by atoms with Gasteiger partial charge in [-0.15, -0.1) is 0 Å². The average molecular weight is 415 g/mol. The molecule has 1 aromatic heterocycles. The monoisotopic (exact) mass is 414 g/mol. The van der Waals surface area contributed by atoms with Crippen LogP contribution in [0.1, 0.15) is 36.1 Å². The lowest BCUT2D eigenvalue weighted by Crippen LogP contribution is -2.34. The van der Waals surface area contributed by atoms with E-state index < -0.39 is 0 Å². The van der Waals surface area contributed by atoms with Gasteiger partial charge in [0.15, 0.2) is 6.61 Å². The molecule has 1 atom stereocenters. The van der Waals surface area contributed by atoms with Crippen LogP contribution in [0.4, 0.5) is 4.39 Å². The quantitative estimate of drug-likeness (QED) is 0.581. The Kier molecular flexibility index (Phi) is 5.81. The van der Waals surface area contributed by atoms with E-state index >= 15 is 0 Å². The molecule has 0 radical (unpaired) electrons. The normalized spacial score (nSPS) is 16.2. The summed E-state index contributed by atoms with van der Waals surface area (Å²) >= 11 is 6.07. The van der Waals surface area contributed by atoms with Gasteiger partial charge in [0.05, 0.1) is 11.2 Å². The Morgan fingerprint density at radius 1 is 1.28 bits per heavy atom. The van der Waals surface area contributed by atoms with Crippen molar-refractivity contribution < 1.29 is 18.3 Å². The molecule has 3 aromatic rings. The maximum atomic E-state index is 13.4. The van der Waals surface area contributed by atoms with Gasteiger partial charge >= 0.3 is 0 Å². The second kappa shape index (κ2) is 8.66. The molecule has 0 saturated carbocycles. The summed E-state index contributed by atoms with van der Waals surface area (Å²) in [6.45, 7) is 0.522. The van der Waals surface area contributed by atoms with Gasteiger partial charge in [-0.2, -0.15) is 0 Å². The number of likely N-dealkylation sites (tertiary alicyclic amines) is 1. The van der Waals surface area contributed by atoms with Gasteiger partial charge in [-0.1, -0.05) is 35.9 Å². The highest BCUT2D eigenvalue weighted by Gasteiger charge is 2.33. The van der Waals surface area contributed by atoms with Crippen molar-refractivity contribution in [1.82, 2.24) is 9.88 Å². The van der Waals surface area contributed by atoms with Gasteiger partial charge < -0.3 is 14.1 Å². The number of ether oxygens (including phenoxy) is 1. The Balaban J connectivity index is 1.41. The van der Waals surface area contributed by atoms with Crippen LogP contribution < -0.4 is 4.74 Å². The highest BCUT2D eigenvalue weighted by Crippen LogP contribution is 2.32. The molecule has 0 bridgehead atoms. The maximum absolute atomic E-state index is 13.4. The number of hydrogen-bond donors (Lipinski definition) is 0. The van der Waals surface area contributed by atoms with E-state index in [1.54, 1.807) is 41.4 Å². The summed E-state index contributed by atoms with van der Waals surface area (Å²) in [5.41, 5.74) is 0.806. The molecule has 1 aliphatic heterocycles. The number of carbonyl (C=O) groups excluding carboxylic acids is 1. The SMILES string of the molecule is O=C(COc1ccccc1Cl)N1CCC[C@@H]1c1ncc(Cc2cccc(F)c2)o1. The number of halogens is 2. The smallest absolute Gasteiger partial charge is 0.261 e. The largest absolute Gasteiger partial charge is 0.482 e. The van der Waals surface area contributed by atoms with E-state index in [1.165, 1.54) is 12.1 Å². The predicted octanol–water partition coefficient (Wildman–Crippen LogP) is 4.80. The van der Waals surface area contributed by atoms with Crippen LogP contribution in [0.25, 0.3) is 0 Å². The molecule has 2 heterocycles. The highest BCUT2D eigenvalue weighted by atomic mass is 35.5. The Hall–Kier alpha value is -2.86. The maximum Gasteiger partial charge on any atom is 0.261 e. The summed E-state index contributed by atoms with van der Waals surface area (Å²) in [7, 11) is 0. The molecule has 0 aliphatic carbocycles. The van der Waals surface area contributed by atoms with Crippen molar-refractivity contribution in [2.45, 2.75) is 25.3 Å². The lowest BCUT2D eigenvalue weighted by Gasteiger charge is -2.22. The van der Waals surface area contributed by atoms with Crippen molar-refractivity contribution >= 4 is 17.5 Å². The fourth-order valence-electron chi connectivity index (χ4n) is 3.51. The molecule has 0 unspecified atom stereocenters. The van der Waals surface area contributed by atoms with Gasteiger partial charge in [0.1, 0.15) is 23.4 Å². The van der Waals surface area contributed by atoms with Crippen LogP contribution in [0.15, 0.2) is 59.1 Å². The molecule has 0 spiro atoms. The van der Waals surface area contributed by atoms with Gasteiger partial charge in [-0.05, 0) is 42.7 Å². The lowest BCUT2D eigenvalue weighted by atomic mass is 10.1. The molecular weight excluding hydrogens is 395 g/mol. The van der Waals surface area contributed by atoms with E-state index in [4.69, 9.17) is 20.8 Å². The van der Waals surface area contributed by atoms with Crippen LogP contribution in [-0.4, -0.2) is 28.9 Å². The molecule has 29 heavy (non-hydrogen) atoms. The summed E-state index contributed by atoms with van der Waals surface area (Å²) in [4.78, 5) is 18.8. The molecule has 7 heteroatoms. The zero-order valence-electron chi connectivity index (χ0n) is 15.7. The summed E-state index contributed by atoms with van der Waals surface area (Å²) in [5, 5.41) is 0.466. The molecule has 5 nitrogen and oxygen atoms in total. The molecule has 4 rings (SSSR count). The van der Waals surface area contributed by atoms with Crippen LogP contribution in [0.5, 0.6) is 5.75 Å². The Bertz CT molecular complexity index is 1010. The molecule has 1 saturated heterocycles. The number of rotatable bonds is 6. The van der Waals surface area contributed by atoms with Crippen molar-refractivity contribution in [2.24, 2.45) is 0 Å². The second-order valence-electron chi connectivity index (χ2n) is 6.94. The Morgan fingerprint density at radius 3 is 2.97 bits per heavy atom. The fraction of sp³-hybridized carbons (Fsp3) is 0.273. The van der Waals surface area contributed by atoms with E-state index in [-0.39, 0.29) is 24.4 Å². The van der Waals surface area contributed by atoms with E-state index in [0.717, 1.165) is 18.4 Å². The summed E-state index contributed by atoms with van der Waals surface area (Å²) in [6, 6.07) is 13.2. The average Bonchev–Trinajstić information content (AvgIpc) is 3.36. The molecular formula is C22H20ClFN2O3. The number of amides is 1. The van der Waals surface area contributed by atoms with Crippen molar-refractivity contribution in [3.8, 4) is 5.75 Å². The molecule has 2 aromatic carbocycles. The van der Waals surface area contributed by atoms with Crippen LogP contribution in [0, 0.1) is 5.82 Å². The zero-order valence-corrected chi connectivity index (χ0v) is 16.4. The van der Waals surface area contributed by atoms with Gasteiger partial charge in [0, 0.05) is 13.0 Å². The first kappa shape index (κ1) is 19.5. The highest BCUT2D eigenvalue weighted by molar-refractivity contribution is 6.32. The minimum absolute atomic E-state index is 0.100. The van der Waals surface area contributed by atoms with Crippen molar-refractivity contribution in [3.63, 3.8) is 0 Å². The molecule has 1 fully saturated rings. The Labute approximate surface area is 173 Å². The number of para-hydroxylation sites is 1. The zero-order chi connectivity index (χ0) is 20.2. The third kappa shape index (κ3) is 4.59. The third-order valence-corrected chi connectivity index (χ3v) is 5.20. The fourth-order valence-corrected chi connectivity index (χ4v) is 3.70. The predicted molar refractivity (Wildman–Crippen MR) is 106 cm³/mol. The van der Waals surface area contributed by atoms with E-state index in [9.17, 15) is 9.18 Å².